The van der Waals surface area contributed by atoms with Gasteiger partial charge in [0.15, 0.2) is 0 Å². The van der Waals surface area contributed by atoms with E-state index in [0.29, 0.717) is 17.9 Å². The lowest BCUT2D eigenvalue weighted by Gasteiger charge is -2.37. The largest absolute Gasteiger partial charge is 0.370 e. The van der Waals surface area contributed by atoms with Gasteiger partial charge in [0.25, 0.3) is 0 Å². The van der Waals surface area contributed by atoms with Crippen molar-refractivity contribution < 1.29 is 9.26 Å². The van der Waals surface area contributed by atoms with Crippen LogP contribution >= 0.6 is 0 Å². The molecule has 0 aromatic carbocycles. The number of hydrogen-bond donors (Lipinski definition) is 1. The summed E-state index contributed by atoms with van der Waals surface area (Å²) in [5, 5.41) is 7.42. The Hall–Kier alpha value is -0.940. The maximum atomic E-state index is 5.57. The highest BCUT2D eigenvalue weighted by atomic mass is 16.5. The van der Waals surface area contributed by atoms with Crippen molar-refractivity contribution >= 4 is 0 Å². The van der Waals surface area contributed by atoms with Gasteiger partial charge in [-0.05, 0) is 38.6 Å². The SMILES string of the molecule is CNC(Cc1nc(C2(OC)CCC2)no1)CC(C)C. The van der Waals surface area contributed by atoms with Gasteiger partial charge >= 0.3 is 0 Å². The zero-order chi connectivity index (χ0) is 13.9. The number of likely N-dealkylation sites (N-methyl/N-ethyl adjacent to an activating group) is 1. The lowest BCUT2D eigenvalue weighted by Crippen LogP contribution is -2.37. The molecule has 0 bridgehead atoms. The first-order valence-electron chi connectivity index (χ1n) is 7.15. The molecule has 1 atom stereocenters. The summed E-state index contributed by atoms with van der Waals surface area (Å²) in [6.07, 6.45) is 5.03. The molecule has 1 heterocycles. The van der Waals surface area contributed by atoms with Crippen molar-refractivity contribution in [3.05, 3.63) is 11.7 Å². The minimum atomic E-state index is -0.283. The Morgan fingerprint density at radius 2 is 2.16 bits per heavy atom. The quantitative estimate of drug-likeness (QED) is 0.821. The van der Waals surface area contributed by atoms with Gasteiger partial charge in [0.05, 0.1) is 0 Å². The number of methoxy groups -OCH3 is 1. The zero-order valence-electron chi connectivity index (χ0n) is 12.4. The number of hydrogen-bond acceptors (Lipinski definition) is 5. The molecule has 5 nitrogen and oxygen atoms in total. The van der Waals surface area contributed by atoms with E-state index in [1.54, 1.807) is 7.11 Å². The summed E-state index contributed by atoms with van der Waals surface area (Å²) in [7, 11) is 3.71. The van der Waals surface area contributed by atoms with E-state index in [1.165, 1.54) is 6.42 Å². The Morgan fingerprint density at radius 1 is 1.42 bits per heavy atom. The number of aromatic nitrogens is 2. The first-order chi connectivity index (χ1) is 9.09. The molecule has 5 heteroatoms. The van der Waals surface area contributed by atoms with Crippen LogP contribution in [0.25, 0.3) is 0 Å². The normalized spacial score (nSPS) is 19.4. The van der Waals surface area contributed by atoms with Crippen LogP contribution in [0.1, 0.15) is 51.2 Å². The van der Waals surface area contributed by atoms with E-state index in [2.05, 4.69) is 29.3 Å². The summed E-state index contributed by atoms with van der Waals surface area (Å²) in [4.78, 5) is 4.53. The molecule has 0 radical (unpaired) electrons. The monoisotopic (exact) mass is 267 g/mol. The molecule has 1 aromatic rings. The van der Waals surface area contributed by atoms with Gasteiger partial charge in [-0.1, -0.05) is 19.0 Å². The van der Waals surface area contributed by atoms with Crippen LogP contribution in [0, 0.1) is 5.92 Å². The first kappa shape index (κ1) is 14.5. The van der Waals surface area contributed by atoms with Crippen LogP contribution in [0.5, 0.6) is 0 Å². The third-order valence-electron chi connectivity index (χ3n) is 4.01. The van der Waals surface area contributed by atoms with Gasteiger partial charge in [-0.25, -0.2) is 0 Å². The Labute approximate surface area is 115 Å². The van der Waals surface area contributed by atoms with Crippen LogP contribution < -0.4 is 5.32 Å². The predicted octanol–water partition coefficient (Wildman–Crippen LogP) is 2.27. The average molecular weight is 267 g/mol. The second kappa shape index (κ2) is 6.01. The van der Waals surface area contributed by atoms with Crippen molar-refractivity contribution in [2.45, 2.75) is 57.6 Å². The van der Waals surface area contributed by atoms with E-state index in [-0.39, 0.29) is 5.60 Å². The number of nitrogens with one attached hydrogen (secondary N) is 1. The zero-order valence-corrected chi connectivity index (χ0v) is 12.4. The molecule has 0 aliphatic heterocycles. The molecule has 1 aliphatic carbocycles. The standard InChI is InChI=1S/C14H25N3O2/c1-10(2)8-11(15-3)9-12-16-13(17-19-12)14(18-4)6-5-7-14/h10-11,15H,5-9H2,1-4H3. The number of ether oxygens (including phenoxy) is 1. The van der Waals surface area contributed by atoms with E-state index in [1.807, 2.05) is 7.05 Å². The Bertz CT molecular complexity index is 394. The van der Waals surface area contributed by atoms with Gasteiger partial charge in [-0.15, -0.1) is 0 Å². The van der Waals surface area contributed by atoms with Crippen LogP contribution in [-0.2, 0) is 16.8 Å². The molecule has 1 aliphatic rings. The summed E-state index contributed by atoms with van der Waals surface area (Å²) in [6, 6.07) is 0.383. The maximum Gasteiger partial charge on any atom is 0.228 e. The van der Waals surface area contributed by atoms with Crippen LogP contribution in [0.4, 0.5) is 0 Å². The third-order valence-corrected chi connectivity index (χ3v) is 4.01. The van der Waals surface area contributed by atoms with Crippen LogP contribution in [0.15, 0.2) is 4.52 Å². The third kappa shape index (κ3) is 3.15. The lowest BCUT2D eigenvalue weighted by molar-refractivity contribution is -0.0858. The molecule has 0 saturated heterocycles. The molecule has 2 rings (SSSR count). The molecule has 108 valence electrons. The fraction of sp³-hybridized carbons (Fsp3) is 0.857. The van der Waals surface area contributed by atoms with Crippen LogP contribution in [-0.4, -0.2) is 30.3 Å². The maximum absolute atomic E-state index is 5.57. The van der Waals surface area contributed by atoms with E-state index in [0.717, 1.165) is 31.5 Å². The second-order valence-electron chi connectivity index (χ2n) is 5.88. The molecular weight excluding hydrogens is 242 g/mol. The molecule has 1 saturated carbocycles. The number of nitrogens with zero attached hydrogens (tertiary/aromatic N) is 2. The first-order valence-corrected chi connectivity index (χ1v) is 7.15. The Kier molecular flexibility index (Phi) is 4.58. The molecule has 0 amide bonds. The molecule has 1 fully saturated rings. The second-order valence-corrected chi connectivity index (χ2v) is 5.88. The van der Waals surface area contributed by atoms with Crippen molar-refractivity contribution in [1.82, 2.24) is 15.5 Å². The highest BCUT2D eigenvalue weighted by molar-refractivity contribution is 5.07. The Balaban J connectivity index is 2.00. The van der Waals surface area contributed by atoms with E-state index in [9.17, 15) is 0 Å². The molecule has 1 N–H and O–H groups in total. The molecular formula is C14H25N3O2. The molecule has 19 heavy (non-hydrogen) atoms. The Morgan fingerprint density at radius 3 is 2.63 bits per heavy atom. The van der Waals surface area contributed by atoms with Crippen molar-refractivity contribution in [2.24, 2.45) is 5.92 Å². The van der Waals surface area contributed by atoms with Gasteiger partial charge in [0.1, 0.15) is 5.60 Å². The number of rotatable bonds is 7. The van der Waals surface area contributed by atoms with E-state index >= 15 is 0 Å². The van der Waals surface area contributed by atoms with Crippen LogP contribution in [0.2, 0.25) is 0 Å². The highest BCUT2D eigenvalue weighted by Gasteiger charge is 2.43. The van der Waals surface area contributed by atoms with Gasteiger partial charge in [-0.3, -0.25) is 0 Å². The van der Waals surface area contributed by atoms with E-state index < -0.39 is 0 Å². The predicted molar refractivity (Wildman–Crippen MR) is 72.8 cm³/mol. The summed E-state index contributed by atoms with van der Waals surface area (Å²) in [5.74, 6) is 2.07. The summed E-state index contributed by atoms with van der Waals surface area (Å²) >= 11 is 0. The van der Waals surface area contributed by atoms with Crippen molar-refractivity contribution in [3.8, 4) is 0 Å². The topological polar surface area (TPSA) is 60.2 Å². The van der Waals surface area contributed by atoms with Gasteiger partial charge < -0.3 is 14.6 Å². The average Bonchev–Trinajstić information content (AvgIpc) is 2.76. The minimum absolute atomic E-state index is 0.283. The summed E-state index contributed by atoms with van der Waals surface area (Å²) in [6.45, 7) is 4.44. The van der Waals surface area contributed by atoms with E-state index in [4.69, 9.17) is 9.26 Å². The van der Waals surface area contributed by atoms with Crippen LogP contribution in [0.3, 0.4) is 0 Å². The molecule has 1 aromatic heterocycles. The fourth-order valence-electron chi connectivity index (χ4n) is 2.62. The fourth-order valence-corrected chi connectivity index (χ4v) is 2.62. The summed E-state index contributed by atoms with van der Waals surface area (Å²) < 4.78 is 10.9. The lowest BCUT2D eigenvalue weighted by atomic mass is 9.79. The minimum Gasteiger partial charge on any atom is -0.370 e. The molecule has 0 spiro atoms. The van der Waals surface area contributed by atoms with Gasteiger partial charge in [0.2, 0.25) is 11.7 Å². The molecule has 1 unspecified atom stereocenters. The van der Waals surface area contributed by atoms with Crippen molar-refractivity contribution in [3.63, 3.8) is 0 Å². The highest BCUT2D eigenvalue weighted by Crippen LogP contribution is 2.42. The summed E-state index contributed by atoms with van der Waals surface area (Å²) in [5.41, 5.74) is -0.283. The van der Waals surface area contributed by atoms with Gasteiger partial charge in [0, 0.05) is 19.6 Å². The van der Waals surface area contributed by atoms with Crippen molar-refractivity contribution in [2.75, 3.05) is 14.2 Å². The van der Waals surface area contributed by atoms with Gasteiger partial charge in [-0.2, -0.15) is 4.98 Å². The smallest absolute Gasteiger partial charge is 0.228 e. The van der Waals surface area contributed by atoms with Crippen molar-refractivity contribution in [1.29, 1.82) is 0 Å².